The highest BCUT2D eigenvalue weighted by atomic mass is 32.1. The lowest BCUT2D eigenvalue weighted by Crippen LogP contribution is -2.15. The van der Waals surface area contributed by atoms with Crippen LogP contribution < -0.4 is 0 Å². The van der Waals surface area contributed by atoms with E-state index in [1.807, 2.05) is 22.7 Å². The number of aromatic nitrogens is 2. The van der Waals surface area contributed by atoms with Gasteiger partial charge in [0, 0.05) is 89.5 Å². The molecule has 0 N–H and O–H groups in total. The van der Waals surface area contributed by atoms with Gasteiger partial charge in [-0.25, -0.2) is 0 Å². The van der Waals surface area contributed by atoms with Crippen LogP contribution in [0.3, 0.4) is 0 Å². The molecule has 0 bridgehead atoms. The fourth-order valence-corrected chi connectivity index (χ4v) is 23.5. The second-order valence-corrected chi connectivity index (χ2v) is 37.1. The number of nitrogens with zero attached hydrogens (tertiary/aromatic N) is 2. The van der Waals surface area contributed by atoms with Gasteiger partial charge in [-0.05, 0) is 248 Å². The maximum absolute atomic E-state index is 2.50. The fraction of sp³-hybridized carbons (Fsp3) is 0.0769. The lowest BCUT2D eigenvalue weighted by molar-refractivity contribution is 0.660. The van der Waals surface area contributed by atoms with Crippen molar-refractivity contribution in [3.8, 4) is 123 Å². The Morgan fingerprint density at radius 1 is 0.174 bits per heavy atom. The van der Waals surface area contributed by atoms with Gasteiger partial charge in [0.15, 0.2) is 0 Å². The number of thiophene rings is 2. The van der Waals surface area contributed by atoms with Crippen molar-refractivity contribution in [2.24, 2.45) is 0 Å². The first-order valence-corrected chi connectivity index (χ1v) is 44.0. The number of para-hydroxylation sites is 2. The van der Waals surface area contributed by atoms with Crippen LogP contribution in [0.15, 0.2) is 388 Å². The summed E-state index contributed by atoms with van der Waals surface area (Å²) in [6, 6.07) is 146. The zero-order chi connectivity index (χ0) is 80.7. The van der Waals surface area contributed by atoms with E-state index in [2.05, 4.69) is 439 Å². The molecule has 0 aliphatic heterocycles. The first-order chi connectivity index (χ1) is 59.2. The number of benzene rings is 18. The monoisotopic (exact) mass is 1580 g/mol. The van der Waals surface area contributed by atoms with Gasteiger partial charge < -0.3 is 9.13 Å². The van der Waals surface area contributed by atoms with E-state index in [1.54, 1.807) is 0 Å². The van der Waals surface area contributed by atoms with Crippen LogP contribution in [-0.2, 0) is 16.2 Å². The van der Waals surface area contributed by atoms with Gasteiger partial charge >= 0.3 is 0 Å². The van der Waals surface area contributed by atoms with Gasteiger partial charge in [-0.1, -0.05) is 327 Å². The van der Waals surface area contributed by atoms with Crippen LogP contribution in [0.4, 0.5) is 0 Å². The van der Waals surface area contributed by atoms with Crippen molar-refractivity contribution in [2.75, 3.05) is 0 Å². The zero-order valence-corrected chi connectivity index (χ0v) is 69.8. The normalized spacial score (nSPS) is 13.7. The van der Waals surface area contributed by atoms with Gasteiger partial charge in [-0.3, -0.25) is 0 Å². The molecule has 0 spiro atoms. The van der Waals surface area contributed by atoms with Gasteiger partial charge in [0.25, 0.3) is 0 Å². The third kappa shape index (κ3) is 11.1. The first-order valence-electron chi connectivity index (χ1n) is 42.3. The second kappa shape index (κ2) is 27.0. The minimum Gasteiger partial charge on any atom is -0.309 e. The van der Waals surface area contributed by atoms with Crippen LogP contribution in [0.2, 0.25) is 0 Å². The van der Waals surface area contributed by atoms with Crippen molar-refractivity contribution in [3.05, 3.63) is 422 Å². The Morgan fingerprint density at radius 2 is 0.471 bits per heavy atom. The Kier molecular flexibility index (Phi) is 15.9. The largest absolute Gasteiger partial charge is 0.309 e. The molecular formula is C117H82N2S2. The quantitative estimate of drug-likeness (QED) is 0.136. The third-order valence-electron chi connectivity index (χ3n) is 27.2. The minimum atomic E-state index is -0.0878. The average Bonchev–Trinajstić information content (AvgIpc) is 1.57. The summed E-state index contributed by atoms with van der Waals surface area (Å²) in [7, 11) is 0. The lowest BCUT2D eigenvalue weighted by atomic mass is 9.81. The summed E-state index contributed by atoms with van der Waals surface area (Å²) in [5.41, 5.74) is 40.6. The molecule has 0 saturated carbocycles. The fourth-order valence-electron chi connectivity index (χ4n) is 21.1. The van der Waals surface area contributed by atoms with E-state index in [0.29, 0.717) is 0 Å². The summed E-state index contributed by atoms with van der Waals surface area (Å²) in [6.07, 6.45) is 0. The summed E-state index contributed by atoms with van der Waals surface area (Å²) >= 11 is 3.79. The minimum absolute atomic E-state index is 0.0841. The smallest absolute Gasteiger partial charge is 0.0547 e. The van der Waals surface area contributed by atoms with Crippen molar-refractivity contribution in [1.82, 2.24) is 9.13 Å². The molecule has 0 saturated heterocycles. The Bertz CT molecular complexity index is 8110. The molecule has 0 unspecified atom stereocenters. The van der Waals surface area contributed by atoms with E-state index in [1.165, 1.54) is 240 Å². The number of fused-ring (bicyclic) bond motifs is 21. The molecule has 0 radical (unpaired) electrons. The van der Waals surface area contributed by atoms with Crippen LogP contribution >= 0.6 is 22.7 Å². The van der Waals surface area contributed by atoms with Crippen molar-refractivity contribution in [3.63, 3.8) is 0 Å². The van der Waals surface area contributed by atoms with E-state index < -0.39 is 0 Å². The molecule has 22 aromatic rings. The molecule has 4 aromatic heterocycles. The third-order valence-corrected chi connectivity index (χ3v) is 29.6. The molecule has 0 fully saturated rings. The predicted molar refractivity (Wildman–Crippen MR) is 518 cm³/mol. The molecule has 121 heavy (non-hydrogen) atoms. The molecule has 2 nitrogen and oxygen atoms in total. The summed E-state index contributed by atoms with van der Waals surface area (Å²) in [5, 5.41) is 10.3. The van der Waals surface area contributed by atoms with Crippen molar-refractivity contribution >= 4 is 107 Å². The van der Waals surface area contributed by atoms with Gasteiger partial charge in [-0.15, -0.1) is 22.7 Å². The van der Waals surface area contributed by atoms with Crippen LogP contribution in [0, 0.1) is 0 Å². The summed E-state index contributed by atoms with van der Waals surface area (Å²) < 4.78 is 10.3. The maximum Gasteiger partial charge on any atom is 0.0547 e. The Hall–Kier alpha value is -14.0. The number of rotatable bonds is 9. The lowest BCUT2D eigenvalue weighted by Gasteiger charge is -2.22. The van der Waals surface area contributed by atoms with Gasteiger partial charge in [-0.2, -0.15) is 0 Å². The molecule has 4 heterocycles. The summed E-state index contributed by atoms with van der Waals surface area (Å²) in [6.45, 7) is 14.2. The Balaban J connectivity index is 0.000000137. The zero-order valence-electron chi connectivity index (χ0n) is 68.2. The molecule has 0 atom stereocenters. The molecular weight excluding hydrogens is 1500 g/mol. The second-order valence-electron chi connectivity index (χ2n) is 35.0. The average molecular weight is 1580 g/mol. The SMILES string of the molecule is CC1(C)c2ccccc2-c2ccc(-c3cc(-c4ccc5c6ccccc6n(-c6ccc7c(c6)C(C)(C)c6ccccc6-7)c5c4)cc(-c4cccc5c4sc4ccccc45)c3)cc21.CC1(C)c2ccccc2-c2ccc(-n3c4ccccc4c4ccc(-c5cc(-c6ccc(-c7ccccc7)cc6)cc(-c6cccc7c6sc6ccccc67)c5)cc43)cc21. The van der Waals surface area contributed by atoms with E-state index in [-0.39, 0.29) is 16.2 Å². The van der Waals surface area contributed by atoms with E-state index in [9.17, 15) is 0 Å². The maximum atomic E-state index is 2.50. The Morgan fingerprint density at radius 3 is 0.926 bits per heavy atom. The van der Waals surface area contributed by atoms with E-state index in [0.717, 1.165) is 0 Å². The van der Waals surface area contributed by atoms with Crippen molar-refractivity contribution in [1.29, 1.82) is 0 Å². The summed E-state index contributed by atoms with van der Waals surface area (Å²) in [5.74, 6) is 0. The van der Waals surface area contributed by atoms with E-state index in [4.69, 9.17) is 0 Å². The Labute approximate surface area is 712 Å². The first kappa shape index (κ1) is 71.1. The highest BCUT2D eigenvalue weighted by Gasteiger charge is 2.39. The standard InChI is InChI=1S/C60H43NS.C57H39NS/c1-59(2)51-20-9-5-14-43(51)45-27-24-36(33-53(45)59)38-30-39(32-40(31-38)42-18-13-19-50-49-17-8-12-23-57(49)62-58(42)50)37-25-28-48-47-16-7-11-22-55(47)61(56(48)34-37)41-26-29-46-44-15-6-10-21-52(44)60(3,4)54(46)35-41;1-57(2)51-20-9-6-15-45(51)46-30-28-43(35-52(46)57)58-53-21-10-7-16-47(53)48-29-27-39(34-54(48)58)41-31-40(38-25-23-37(24-26-38)36-13-4-3-5-14-36)32-42(33-41)44-18-12-19-50-49-17-8-11-22-55(49)59-56(44)50/h5-35H,1-4H3;3-35H,1-2H3. The predicted octanol–water partition coefficient (Wildman–Crippen LogP) is 32.9. The number of hydrogen-bond acceptors (Lipinski definition) is 2. The van der Waals surface area contributed by atoms with Gasteiger partial charge in [0.1, 0.15) is 0 Å². The van der Waals surface area contributed by atoms with Crippen LogP contribution in [-0.4, -0.2) is 9.13 Å². The van der Waals surface area contributed by atoms with Crippen molar-refractivity contribution < 1.29 is 0 Å². The highest BCUT2D eigenvalue weighted by molar-refractivity contribution is 7.26. The molecule has 4 heteroatoms. The molecule has 0 amide bonds. The summed E-state index contributed by atoms with van der Waals surface area (Å²) in [4.78, 5) is 0. The van der Waals surface area contributed by atoms with Crippen LogP contribution in [0.5, 0.6) is 0 Å². The molecule has 3 aliphatic carbocycles. The van der Waals surface area contributed by atoms with Gasteiger partial charge in [0.05, 0.1) is 22.1 Å². The number of hydrogen-bond donors (Lipinski definition) is 0. The van der Waals surface area contributed by atoms with E-state index >= 15 is 0 Å². The highest BCUT2D eigenvalue weighted by Crippen LogP contribution is 2.55. The van der Waals surface area contributed by atoms with Crippen LogP contribution in [0.25, 0.3) is 207 Å². The molecule has 18 aromatic carbocycles. The molecule has 572 valence electrons. The van der Waals surface area contributed by atoms with Crippen molar-refractivity contribution in [2.45, 2.75) is 57.8 Å². The molecule has 25 rings (SSSR count). The topological polar surface area (TPSA) is 9.86 Å². The van der Waals surface area contributed by atoms with Crippen LogP contribution in [0.1, 0.15) is 74.9 Å². The molecule has 3 aliphatic rings. The van der Waals surface area contributed by atoms with Gasteiger partial charge in [0.2, 0.25) is 0 Å².